The van der Waals surface area contributed by atoms with Gasteiger partial charge in [0.05, 0.1) is 17.5 Å². The summed E-state index contributed by atoms with van der Waals surface area (Å²) >= 11 is 2.24. The first-order chi connectivity index (χ1) is 9.09. The second-order valence-electron chi connectivity index (χ2n) is 5.44. The lowest BCUT2D eigenvalue weighted by molar-refractivity contribution is -0.122. The highest BCUT2D eigenvalue weighted by molar-refractivity contribution is 14.1. The summed E-state index contributed by atoms with van der Waals surface area (Å²) in [5, 5.41) is 0. The van der Waals surface area contributed by atoms with Crippen LogP contribution in [0.2, 0.25) is 0 Å². The van der Waals surface area contributed by atoms with Gasteiger partial charge in [-0.2, -0.15) is 0 Å². The van der Waals surface area contributed by atoms with Crippen LogP contribution < -0.4 is 4.90 Å². The first kappa shape index (κ1) is 13.1. The maximum absolute atomic E-state index is 12.4. The van der Waals surface area contributed by atoms with Gasteiger partial charge in [0.1, 0.15) is 0 Å². The normalized spacial score (nSPS) is 26.7. The fourth-order valence-corrected chi connectivity index (χ4v) is 3.64. The Morgan fingerprint density at radius 3 is 2.21 bits per heavy atom. The highest BCUT2D eigenvalue weighted by Crippen LogP contribution is 2.40. The first-order valence-electron chi connectivity index (χ1n) is 6.73. The van der Waals surface area contributed by atoms with Gasteiger partial charge in [0.25, 0.3) is 0 Å². The van der Waals surface area contributed by atoms with Crippen LogP contribution in [0, 0.1) is 22.3 Å². The summed E-state index contributed by atoms with van der Waals surface area (Å²) in [7, 11) is 0. The van der Waals surface area contributed by atoms with Gasteiger partial charge >= 0.3 is 0 Å². The van der Waals surface area contributed by atoms with Crippen molar-refractivity contribution in [2.45, 2.75) is 32.6 Å². The lowest BCUT2D eigenvalue weighted by atomic mass is 9.81. The van der Waals surface area contributed by atoms with E-state index in [2.05, 4.69) is 22.6 Å². The average molecular weight is 369 g/mol. The number of carbonyl (C=O) groups excluding carboxylic acids is 2. The molecule has 1 aromatic carbocycles. The number of amides is 2. The summed E-state index contributed by atoms with van der Waals surface area (Å²) < 4.78 is 1.09. The van der Waals surface area contributed by atoms with Gasteiger partial charge in [-0.1, -0.05) is 18.9 Å². The van der Waals surface area contributed by atoms with E-state index in [0.29, 0.717) is 0 Å². The Morgan fingerprint density at radius 2 is 1.68 bits per heavy atom. The Hall–Kier alpha value is -0.910. The van der Waals surface area contributed by atoms with E-state index >= 15 is 0 Å². The zero-order valence-electron chi connectivity index (χ0n) is 10.9. The minimum absolute atomic E-state index is 0.00866. The van der Waals surface area contributed by atoms with Gasteiger partial charge in [-0.15, -0.1) is 0 Å². The zero-order valence-corrected chi connectivity index (χ0v) is 13.0. The van der Waals surface area contributed by atoms with Gasteiger partial charge in [-0.05, 0) is 60.1 Å². The van der Waals surface area contributed by atoms with Gasteiger partial charge in [0.2, 0.25) is 11.8 Å². The molecule has 1 aromatic rings. The van der Waals surface area contributed by atoms with E-state index in [-0.39, 0.29) is 23.7 Å². The van der Waals surface area contributed by atoms with Crippen molar-refractivity contribution in [1.29, 1.82) is 0 Å². The number of aryl methyl sites for hydroxylation is 1. The van der Waals surface area contributed by atoms with E-state index in [1.807, 2.05) is 25.1 Å². The van der Waals surface area contributed by atoms with Crippen molar-refractivity contribution in [1.82, 2.24) is 0 Å². The molecule has 0 radical (unpaired) electrons. The van der Waals surface area contributed by atoms with Crippen LogP contribution in [0.1, 0.15) is 31.2 Å². The molecule has 2 amide bonds. The van der Waals surface area contributed by atoms with Crippen LogP contribution in [0.4, 0.5) is 5.69 Å². The molecule has 1 heterocycles. The second-order valence-corrected chi connectivity index (χ2v) is 6.61. The van der Waals surface area contributed by atoms with Crippen molar-refractivity contribution in [3.8, 4) is 0 Å². The molecule has 1 aliphatic heterocycles. The van der Waals surface area contributed by atoms with E-state index in [0.717, 1.165) is 34.9 Å². The SMILES string of the molecule is Cc1ccc(N2C(=O)C3CCCCC3C2=O)cc1I. The Labute approximate surface area is 126 Å². The number of carbonyl (C=O) groups is 2. The highest BCUT2D eigenvalue weighted by atomic mass is 127. The fourth-order valence-electron chi connectivity index (χ4n) is 3.14. The Kier molecular flexibility index (Phi) is 3.37. The molecule has 100 valence electrons. The molecule has 0 bridgehead atoms. The van der Waals surface area contributed by atoms with Crippen LogP contribution >= 0.6 is 22.6 Å². The predicted molar refractivity (Wildman–Crippen MR) is 81.8 cm³/mol. The Morgan fingerprint density at radius 1 is 1.11 bits per heavy atom. The smallest absolute Gasteiger partial charge is 0.237 e. The number of imide groups is 1. The number of benzene rings is 1. The number of anilines is 1. The monoisotopic (exact) mass is 369 g/mol. The molecule has 0 aromatic heterocycles. The second kappa shape index (κ2) is 4.89. The molecule has 3 nitrogen and oxygen atoms in total. The van der Waals surface area contributed by atoms with Gasteiger partial charge in [0.15, 0.2) is 0 Å². The predicted octanol–water partition coefficient (Wildman–Crippen LogP) is 3.28. The summed E-state index contributed by atoms with van der Waals surface area (Å²) in [6, 6.07) is 5.79. The van der Waals surface area contributed by atoms with Crippen molar-refractivity contribution < 1.29 is 9.59 Å². The van der Waals surface area contributed by atoms with Gasteiger partial charge in [-0.3, -0.25) is 14.5 Å². The van der Waals surface area contributed by atoms with Crippen LogP contribution in [-0.4, -0.2) is 11.8 Å². The Bertz CT molecular complexity index is 531. The lowest BCUT2D eigenvalue weighted by Gasteiger charge is -2.19. The molecule has 19 heavy (non-hydrogen) atoms. The molecule has 0 N–H and O–H groups in total. The number of rotatable bonds is 1. The third kappa shape index (κ3) is 2.10. The number of hydrogen-bond acceptors (Lipinski definition) is 2. The number of hydrogen-bond donors (Lipinski definition) is 0. The molecule has 1 aliphatic carbocycles. The van der Waals surface area contributed by atoms with Crippen LogP contribution in [-0.2, 0) is 9.59 Å². The standard InChI is InChI=1S/C15H16INO2/c1-9-6-7-10(8-13(9)16)17-14(18)11-4-2-3-5-12(11)15(17)19/h6-8,11-12H,2-5H2,1H3. The number of nitrogens with zero attached hydrogens (tertiary/aromatic N) is 1. The average Bonchev–Trinajstić information content (AvgIpc) is 2.66. The maximum Gasteiger partial charge on any atom is 0.237 e. The summed E-state index contributed by atoms with van der Waals surface area (Å²) in [5.74, 6) is -0.121. The maximum atomic E-state index is 12.4. The number of fused-ring (bicyclic) bond motifs is 1. The summed E-state index contributed by atoms with van der Waals surface area (Å²) in [5.41, 5.74) is 1.90. The topological polar surface area (TPSA) is 37.4 Å². The van der Waals surface area contributed by atoms with Crippen molar-refractivity contribution >= 4 is 40.1 Å². The number of halogens is 1. The van der Waals surface area contributed by atoms with E-state index in [4.69, 9.17) is 0 Å². The van der Waals surface area contributed by atoms with Crippen LogP contribution in [0.5, 0.6) is 0 Å². The van der Waals surface area contributed by atoms with Crippen LogP contribution in [0.3, 0.4) is 0 Å². The summed E-state index contributed by atoms with van der Waals surface area (Å²) in [6.45, 7) is 2.03. The summed E-state index contributed by atoms with van der Waals surface area (Å²) in [6.07, 6.45) is 3.88. The molecule has 4 heteroatoms. The van der Waals surface area contributed by atoms with Crippen LogP contribution in [0.15, 0.2) is 18.2 Å². The molecule has 1 saturated carbocycles. The van der Waals surface area contributed by atoms with Gasteiger partial charge in [0, 0.05) is 3.57 Å². The fraction of sp³-hybridized carbons (Fsp3) is 0.467. The molecule has 2 fully saturated rings. The van der Waals surface area contributed by atoms with E-state index in [1.165, 1.54) is 10.5 Å². The van der Waals surface area contributed by atoms with E-state index in [9.17, 15) is 9.59 Å². The molecule has 2 unspecified atom stereocenters. The molecular formula is C15H16INO2. The molecule has 2 atom stereocenters. The third-order valence-corrected chi connectivity index (χ3v) is 5.42. The zero-order chi connectivity index (χ0) is 13.6. The van der Waals surface area contributed by atoms with Crippen molar-refractivity contribution in [2.75, 3.05) is 4.90 Å². The minimum atomic E-state index is -0.0692. The van der Waals surface area contributed by atoms with Crippen molar-refractivity contribution in [3.05, 3.63) is 27.3 Å². The van der Waals surface area contributed by atoms with Crippen molar-refractivity contribution in [2.24, 2.45) is 11.8 Å². The first-order valence-corrected chi connectivity index (χ1v) is 7.81. The molecule has 0 spiro atoms. The minimum Gasteiger partial charge on any atom is -0.274 e. The van der Waals surface area contributed by atoms with Gasteiger partial charge in [-0.25, -0.2) is 0 Å². The van der Waals surface area contributed by atoms with Crippen molar-refractivity contribution in [3.63, 3.8) is 0 Å². The third-order valence-electron chi connectivity index (χ3n) is 4.25. The van der Waals surface area contributed by atoms with E-state index < -0.39 is 0 Å². The van der Waals surface area contributed by atoms with E-state index in [1.54, 1.807) is 0 Å². The summed E-state index contributed by atoms with van der Waals surface area (Å²) in [4.78, 5) is 26.3. The molecule has 2 aliphatic rings. The lowest BCUT2D eigenvalue weighted by Crippen LogP contribution is -2.30. The van der Waals surface area contributed by atoms with Crippen LogP contribution in [0.25, 0.3) is 0 Å². The largest absolute Gasteiger partial charge is 0.274 e. The Balaban J connectivity index is 1.98. The molecule has 1 saturated heterocycles. The molecule has 3 rings (SSSR count). The molecular weight excluding hydrogens is 353 g/mol. The quantitative estimate of drug-likeness (QED) is 0.563. The van der Waals surface area contributed by atoms with Gasteiger partial charge < -0.3 is 0 Å². The highest BCUT2D eigenvalue weighted by Gasteiger charge is 2.48.